The van der Waals surface area contributed by atoms with Gasteiger partial charge in [-0.1, -0.05) is 52.6 Å². The Morgan fingerprint density at radius 1 is 1.45 bits per heavy atom. The summed E-state index contributed by atoms with van der Waals surface area (Å²) in [6.07, 6.45) is 3.60. The Labute approximate surface area is 126 Å². The van der Waals surface area contributed by atoms with Crippen LogP contribution < -0.4 is 10.9 Å². The van der Waals surface area contributed by atoms with Crippen molar-refractivity contribution in [2.75, 3.05) is 11.9 Å². The molecular formula is C15H26ClN3O. The first kappa shape index (κ1) is 17.0. The standard InChI is InChI=1S/C15H26ClN3O/c1-6-7-8-19-14(20)13(16)12(10-18-19)17-9-11(2)15(3,4)5/h10-11,17H,6-9H2,1-5H3. The minimum Gasteiger partial charge on any atom is -0.382 e. The number of hydrogen-bond donors (Lipinski definition) is 1. The second kappa shape index (κ2) is 7.11. The monoisotopic (exact) mass is 299 g/mol. The maximum Gasteiger partial charge on any atom is 0.287 e. The van der Waals surface area contributed by atoms with Gasteiger partial charge in [-0.15, -0.1) is 0 Å². The molecule has 0 bridgehead atoms. The van der Waals surface area contributed by atoms with Crippen LogP contribution in [0.2, 0.25) is 5.02 Å². The number of hydrogen-bond acceptors (Lipinski definition) is 3. The van der Waals surface area contributed by atoms with E-state index in [0.29, 0.717) is 18.2 Å². The van der Waals surface area contributed by atoms with Gasteiger partial charge in [0.25, 0.3) is 5.56 Å². The summed E-state index contributed by atoms with van der Waals surface area (Å²) in [7, 11) is 0. The number of nitrogens with zero attached hydrogens (tertiary/aromatic N) is 2. The van der Waals surface area contributed by atoms with Crippen LogP contribution in [0.5, 0.6) is 0 Å². The van der Waals surface area contributed by atoms with Crippen molar-refractivity contribution in [1.82, 2.24) is 9.78 Å². The minimum absolute atomic E-state index is 0.211. The van der Waals surface area contributed by atoms with E-state index in [9.17, 15) is 4.79 Å². The average Bonchev–Trinajstić information content (AvgIpc) is 2.38. The Balaban J connectivity index is 2.78. The highest BCUT2D eigenvalue weighted by molar-refractivity contribution is 6.32. The van der Waals surface area contributed by atoms with Crippen LogP contribution in [0.1, 0.15) is 47.5 Å². The van der Waals surface area contributed by atoms with Crippen LogP contribution >= 0.6 is 11.6 Å². The summed E-state index contributed by atoms with van der Waals surface area (Å²) in [4.78, 5) is 12.1. The van der Waals surface area contributed by atoms with Crippen LogP contribution in [-0.2, 0) is 6.54 Å². The topological polar surface area (TPSA) is 46.9 Å². The van der Waals surface area contributed by atoms with E-state index in [1.165, 1.54) is 4.68 Å². The molecule has 114 valence electrons. The number of aryl methyl sites for hydroxylation is 1. The molecule has 0 aliphatic rings. The molecule has 1 aromatic heterocycles. The van der Waals surface area contributed by atoms with Crippen LogP contribution in [0.4, 0.5) is 5.69 Å². The van der Waals surface area contributed by atoms with Crippen molar-refractivity contribution in [3.05, 3.63) is 21.6 Å². The van der Waals surface area contributed by atoms with E-state index in [2.05, 4.69) is 45.0 Å². The smallest absolute Gasteiger partial charge is 0.287 e. The summed E-state index contributed by atoms with van der Waals surface area (Å²) in [6, 6.07) is 0. The van der Waals surface area contributed by atoms with Gasteiger partial charge in [-0.05, 0) is 17.8 Å². The van der Waals surface area contributed by atoms with E-state index in [4.69, 9.17) is 11.6 Å². The lowest BCUT2D eigenvalue weighted by molar-refractivity contribution is 0.274. The molecule has 1 atom stereocenters. The van der Waals surface area contributed by atoms with E-state index < -0.39 is 0 Å². The lowest BCUT2D eigenvalue weighted by atomic mass is 9.82. The maximum absolute atomic E-state index is 12.1. The predicted octanol–water partition coefficient (Wildman–Crippen LogP) is 3.79. The fraction of sp³-hybridized carbons (Fsp3) is 0.733. The number of nitrogens with one attached hydrogen (secondary N) is 1. The second-order valence-electron chi connectivity index (χ2n) is 6.40. The third-order valence-electron chi connectivity index (χ3n) is 3.79. The normalized spacial score (nSPS) is 13.3. The van der Waals surface area contributed by atoms with Gasteiger partial charge in [0.2, 0.25) is 0 Å². The molecule has 0 radical (unpaired) electrons. The zero-order valence-electron chi connectivity index (χ0n) is 13.2. The van der Waals surface area contributed by atoms with Gasteiger partial charge in [-0.25, -0.2) is 4.68 Å². The number of halogens is 1. The lowest BCUT2D eigenvalue weighted by Crippen LogP contribution is -2.27. The van der Waals surface area contributed by atoms with Crippen molar-refractivity contribution in [3.63, 3.8) is 0 Å². The molecule has 4 nitrogen and oxygen atoms in total. The Morgan fingerprint density at radius 3 is 2.65 bits per heavy atom. The number of unbranched alkanes of at least 4 members (excludes halogenated alkanes) is 1. The molecule has 0 aliphatic carbocycles. The third-order valence-corrected chi connectivity index (χ3v) is 4.15. The number of aromatic nitrogens is 2. The molecule has 5 heteroatoms. The van der Waals surface area contributed by atoms with E-state index >= 15 is 0 Å². The molecule has 0 fully saturated rings. The van der Waals surface area contributed by atoms with Crippen LogP contribution in [0.25, 0.3) is 0 Å². The number of rotatable bonds is 6. The lowest BCUT2D eigenvalue weighted by Gasteiger charge is -2.27. The van der Waals surface area contributed by atoms with Crippen molar-refractivity contribution < 1.29 is 0 Å². The Hall–Kier alpha value is -1.03. The van der Waals surface area contributed by atoms with Gasteiger partial charge in [-0.3, -0.25) is 4.79 Å². The Morgan fingerprint density at radius 2 is 2.10 bits per heavy atom. The first-order valence-electron chi connectivity index (χ1n) is 7.26. The summed E-state index contributed by atoms with van der Waals surface area (Å²) < 4.78 is 1.43. The SMILES string of the molecule is CCCCn1ncc(NCC(C)C(C)(C)C)c(Cl)c1=O. The van der Waals surface area contributed by atoms with Crippen molar-refractivity contribution in [1.29, 1.82) is 0 Å². The zero-order chi connectivity index (χ0) is 15.3. The van der Waals surface area contributed by atoms with Crippen molar-refractivity contribution in [2.45, 2.75) is 54.0 Å². The molecule has 1 rings (SSSR count). The predicted molar refractivity (Wildman–Crippen MR) is 85.5 cm³/mol. The van der Waals surface area contributed by atoms with Crippen LogP contribution in [-0.4, -0.2) is 16.3 Å². The first-order valence-corrected chi connectivity index (χ1v) is 7.64. The molecule has 0 amide bonds. The zero-order valence-corrected chi connectivity index (χ0v) is 13.9. The largest absolute Gasteiger partial charge is 0.382 e. The first-order chi connectivity index (χ1) is 9.27. The Bertz CT molecular complexity index is 491. The van der Waals surface area contributed by atoms with E-state index in [1.54, 1.807) is 6.20 Å². The third kappa shape index (κ3) is 4.51. The summed E-state index contributed by atoms with van der Waals surface area (Å²) in [5.74, 6) is 0.459. The summed E-state index contributed by atoms with van der Waals surface area (Å²) in [6.45, 7) is 12.2. The average molecular weight is 300 g/mol. The summed E-state index contributed by atoms with van der Waals surface area (Å²) in [5.41, 5.74) is 0.622. The van der Waals surface area contributed by atoms with Crippen molar-refractivity contribution in [3.8, 4) is 0 Å². The summed E-state index contributed by atoms with van der Waals surface area (Å²) in [5, 5.41) is 7.64. The van der Waals surface area contributed by atoms with Gasteiger partial charge in [0.15, 0.2) is 0 Å². The molecule has 0 aliphatic heterocycles. The highest BCUT2D eigenvalue weighted by Gasteiger charge is 2.20. The molecule has 1 aromatic rings. The van der Waals surface area contributed by atoms with Gasteiger partial charge in [-0.2, -0.15) is 5.10 Å². The van der Waals surface area contributed by atoms with Crippen LogP contribution in [0.15, 0.2) is 11.0 Å². The van der Waals surface area contributed by atoms with Crippen molar-refractivity contribution >= 4 is 17.3 Å². The Kier molecular flexibility index (Phi) is 6.06. The molecule has 1 unspecified atom stereocenters. The highest BCUT2D eigenvalue weighted by Crippen LogP contribution is 2.26. The molecule has 0 aromatic carbocycles. The minimum atomic E-state index is -0.214. The maximum atomic E-state index is 12.1. The van der Waals surface area contributed by atoms with Gasteiger partial charge < -0.3 is 5.32 Å². The second-order valence-corrected chi connectivity index (χ2v) is 6.78. The van der Waals surface area contributed by atoms with Gasteiger partial charge in [0.1, 0.15) is 5.02 Å². The molecule has 0 saturated carbocycles. The molecule has 20 heavy (non-hydrogen) atoms. The molecule has 0 spiro atoms. The fourth-order valence-corrected chi connectivity index (χ4v) is 1.84. The van der Waals surface area contributed by atoms with E-state index in [0.717, 1.165) is 19.4 Å². The van der Waals surface area contributed by atoms with E-state index in [1.807, 2.05) is 0 Å². The fourth-order valence-electron chi connectivity index (χ4n) is 1.62. The summed E-state index contributed by atoms with van der Waals surface area (Å²) >= 11 is 6.14. The molecule has 1 heterocycles. The van der Waals surface area contributed by atoms with Gasteiger partial charge in [0, 0.05) is 13.1 Å². The van der Waals surface area contributed by atoms with Crippen LogP contribution in [0, 0.1) is 11.3 Å². The quantitative estimate of drug-likeness (QED) is 0.869. The van der Waals surface area contributed by atoms with E-state index in [-0.39, 0.29) is 16.0 Å². The number of anilines is 1. The van der Waals surface area contributed by atoms with Crippen LogP contribution in [0.3, 0.4) is 0 Å². The molecule has 0 saturated heterocycles. The molecule has 1 N–H and O–H groups in total. The highest BCUT2D eigenvalue weighted by atomic mass is 35.5. The van der Waals surface area contributed by atoms with Crippen molar-refractivity contribution in [2.24, 2.45) is 11.3 Å². The van der Waals surface area contributed by atoms with Gasteiger partial charge in [0.05, 0.1) is 11.9 Å². The van der Waals surface area contributed by atoms with Gasteiger partial charge >= 0.3 is 0 Å². The molecular weight excluding hydrogens is 274 g/mol.